The molecule has 1 aromatic carbocycles. The summed E-state index contributed by atoms with van der Waals surface area (Å²) in [5.41, 5.74) is 1.04. The Bertz CT molecular complexity index is 698. The number of aliphatic hydroxyl groups excluding tert-OH is 1. The zero-order valence-electron chi connectivity index (χ0n) is 12.9. The molecule has 2 heterocycles. The zero-order chi connectivity index (χ0) is 16.4. The van der Waals surface area contributed by atoms with Crippen LogP contribution in [0.3, 0.4) is 0 Å². The maximum Gasteiger partial charge on any atom is 0.318 e. The fourth-order valence-corrected chi connectivity index (χ4v) is 3.05. The Hall–Kier alpha value is -2.05. The molecule has 1 aliphatic heterocycles. The summed E-state index contributed by atoms with van der Waals surface area (Å²) >= 11 is 6.26. The summed E-state index contributed by atoms with van der Waals surface area (Å²) in [5, 5.41) is 10.6. The minimum atomic E-state index is -0.455. The number of benzene rings is 1. The van der Waals surface area contributed by atoms with Crippen molar-refractivity contribution in [2.45, 2.75) is 18.6 Å². The molecule has 7 heteroatoms. The number of anilines is 1. The van der Waals surface area contributed by atoms with Gasteiger partial charge in [0.05, 0.1) is 32.6 Å². The summed E-state index contributed by atoms with van der Waals surface area (Å²) in [7, 11) is 3.14. The van der Waals surface area contributed by atoms with Gasteiger partial charge >= 0.3 is 6.01 Å². The third-order valence-corrected chi connectivity index (χ3v) is 4.18. The van der Waals surface area contributed by atoms with E-state index in [4.69, 9.17) is 21.1 Å². The van der Waals surface area contributed by atoms with Crippen molar-refractivity contribution in [2.24, 2.45) is 0 Å². The van der Waals surface area contributed by atoms with Crippen LogP contribution in [0.5, 0.6) is 11.8 Å². The van der Waals surface area contributed by atoms with E-state index in [-0.39, 0.29) is 12.1 Å². The Morgan fingerprint density at radius 1 is 1.30 bits per heavy atom. The Morgan fingerprint density at radius 3 is 2.87 bits per heavy atom. The normalized spacial score (nSPS) is 20.6. The van der Waals surface area contributed by atoms with Gasteiger partial charge < -0.3 is 19.5 Å². The number of aromatic nitrogens is 2. The fourth-order valence-electron chi connectivity index (χ4n) is 2.85. The van der Waals surface area contributed by atoms with Gasteiger partial charge in [-0.25, -0.2) is 4.98 Å². The van der Waals surface area contributed by atoms with Crippen LogP contribution in [0.15, 0.2) is 30.5 Å². The molecule has 3 rings (SSSR count). The number of β-amino-alcohol motifs (C(OH)–C–C–N with tert-alkyl or cyclic N) is 1. The molecule has 0 aliphatic carbocycles. The first-order chi connectivity index (χ1) is 11.1. The summed E-state index contributed by atoms with van der Waals surface area (Å²) < 4.78 is 10.4. The Balaban J connectivity index is 1.99. The molecule has 0 amide bonds. The number of halogens is 1. The summed E-state index contributed by atoms with van der Waals surface area (Å²) in [6.07, 6.45) is 1.65. The minimum absolute atomic E-state index is 0.0443. The van der Waals surface area contributed by atoms with Gasteiger partial charge in [0.2, 0.25) is 0 Å². The third kappa shape index (κ3) is 3.18. The fraction of sp³-hybridized carbons (Fsp3) is 0.375. The van der Waals surface area contributed by atoms with E-state index in [0.29, 0.717) is 23.8 Å². The van der Waals surface area contributed by atoms with Gasteiger partial charge in [-0.3, -0.25) is 0 Å². The largest absolute Gasteiger partial charge is 0.497 e. The standard InChI is InChI=1S/C16H18ClN3O3/c1-22-12-5-3-4-10(6-12)14-7-11(21)9-20(14)15-13(17)8-18-16(19-15)23-2/h3-6,8,11,14,21H,7,9H2,1-2H3/t11-,14-/m1/s1. The maximum atomic E-state index is 10.1. The van der Waals surface area contributed by atoms with Crippen LogP contribution in [0.1, 0.15) is 18.0 Å². The van der Waals surface area contributed by atoms with Crippen LogP contribution in [0.25, 0.3) is 0 Å². The molecule has 0 unspecified atom stereocenters. The molecule has 2 atom stereocenters. The van der Waals surface area contributed by atoms with E-state index in [1.54, 1.807) is 7.11 Å². The van der Waals surface area contributed by atoms with Crippen molar-refractivity contribution >= 4 is 17.4 Å². The highest BCUT2D eigenvalue weighted by Gasteiger charge is 2.34. The maximum absolute atomic E-state index is 10.1. The lowest BCUT2D eigenvalue weighted by Gasteiger charge is -2.26. The molecule has 0 radical (unpaired) electrons. The van der Waals surface area contributed by atoms with Gasteiger partial charge in [0.15, 0.2) is 5.82 Å². The molecule has 2 aromatic rings. The Labute approximate surface area is 139 Å². The van der Waals surface area contributed by atoms with E-state index in [1.807, 2.05) is 29.2 Å². The zero-order valence-corrected chi connectivity index (χ0v) is 13.7. The quantitative estimate of drug-likeness (QED) is 0.925. The second-order valence-corrected chi connectivity index (χ2v) is 5.77. The predicted octanol–water partition coefficient (Wildman–Crippen LogP) is 2.46. The van der Waals surface area contributed by atoms with Crippen LogP contribution >= 0.6 is 11.6 Å². The molecule has 1 fully saturated rings. The van der Waals surface area contributed by atoms with Gasteiger partial charge in [-0.2, -0.15) is 4.98 Å². The minimum Gasteiger partial charge on any atom is -0.497 e. The first-order valence-corrected chi connectivity index (χ1v) is 7.65. The lowest BCUT2D eigenvalue weighted by molar-refractivity contribution is 0.194. The lowest BCUT2D eigenvalue weighted by Crippen LogP contribution is -2.25. The van der Waals surface area contributed by atoms with Gasteiger partial charge in [0.1, 0.15) is 10.8 Å². The van der Waals surface area contributed by atoms with Gasteiger partial charge in [0.25, 0.3) is 0 Å². The number of hydrogen-bond acceptors (Lipinski definition) is 6. The first-order valence-electron chi connectivity index (χ1n) is 7.27. The second kappa shape index (κ2) is 6.60. The SMILES string of the molecule is COc1cccc([C@H]2C[C@@H](O)CN2c2nc(OC)ncc2Cl)c1. The van der Waals surface area contributed by atoms with E-state index < -0.39 is 6.10 Å². The van der Waals surface area contributed by atoms with Crippen molar-refractivity contribution in [3.63, 3.8) is 0 Å². The number of hydrogen-bond donors (Lipinski definition) is 1. The topological polar surface area (TPSA) is 67.7 Å². The average Bonchev–Trinajstić information content (AvgIpc) is 2.97. The third-order valence-electron chi connectivity index (χ3n) is 3.92. The molecule has 122 valence electrons. The Kier molecular flexibility index (Phi) is 4.54. The molecule has 0 saturated carbocycles. The van der Waals surface area contributed by atoms with Crippen LogP contribution in [0, 0.1) is 0 Å². The van der Waals surface area contributed by atoms with Crippen molar-refractivity contribution in [1.82, 2.24) is 9.97 Å². The van der Waals surface area contributed by atoms with Gasteiger partial charge in [0, 0.05) is 6.54 Å². The summed E-state index contributed by atoms with van der Waals surface area (Å²) in [4.78, 5) is 10.3. The molecular formula is C16H18ClN3O3. The summed E-state index contributed by atoms with van der Waals surface area (Å²) in [6, 6.07) is 7.98. The van der Waals surface area contributed by atoms with Crippen molar-refractivity contribution in [3.05, 3.63) is 41.0 Å². The van der Waals surface area contributed by atoms with E-state index in [0.717, 1.165) is 11.3 Å². The highest BCUT2D eigenvalue weighted by Crippen LogP contribution is 2.39. The van der Waals surface area contributed by atoms with Crippen molar-refractivity contribution in [2.75, 3.05) is 25.7 Å². The lowest BCUT2D eigenvalue weighted by atomic mass is 10.0. The average molecular weight is 336 g/mol. The van der Waals surface area contributed by atoms with Crippen molar-refractivity contribution < 1.29 is 14.6 Å². The Morgan fingerprint density at radius 2 is 2.13 bits per heavy atom. The highest BCUT2D eigenvalue weighted by molar-refractivity contribution is 6.32. The van der Waals surface area contributed by atoms with Gasteiger partial charge in [-0.05, 0) is 24.1 Å². The molecule has 1 aliphatic rings. The molecule has 1 N–H and O–H groups in total. The smallest absolute Gasteiger partial charge is 0.318 e. The number of methoxy groups -OCH3 is 2. The molecule has 0 spiro atoms. The molecule has 6 nitrogen and oxygen atoms in total. The summed E-state index contributed by atoms with van der Waals surface area (Å²) in [6.45, 7) is 0.446. The predicted molar refractivity (Wildman–Crippen MR) is 87.3 cm³/mol. The van der Waals surface area contributed by atoms with Crippen LogP contribution in [0.4, 0.5) is 5.82 Å². The molecular weight excluding hydrogens is 318 g/mol. The molecule has 1 aromatic heterocycles. The summed E-state index contributed by atoms with van der Waals surface area (Å²) in [5.74, 6) is 1.33. The van der Waals surface area contributed by atoms with Crippen molar-refractivity contribution in [3.8, 4) is 11.8 Å². The number of rotatable bonds is 4. The van der Waals surface area contributed by atoms with Gasteiger partial charge in [-0.1, -0.05) is 23.7 Å². The van der Waals surface area contributed by atoms with E-state index in [2.05, 4.69) is 9.97 Å². The van der Waals surface area contributed by atoms with Crippen LogP contribution in [-0.4, -0.2) is 41.9 Å². The van der Waals surface area contributed by atoms with Crippen LogP contribution < -0.4 is 14.4 Å². The number of ether oxygens (including phenoxy) is 2. The molecule has 1 saturated heterocycles. The molecule has 0 bridgehead atoms. The van der Waals surface area contributed by atoms with E-state index in [9.17, 15) is 5.11 Å². The van der Waals surface area contributed by atoms with Crippen molar-refractivity contribution in [1.29, 1.82) is 0 Å². The number of nitrogens with zero attached hydrogens (tertiary/aromatic N) is 3. The highest BCUT2D eigenvalue weighted by atomic mass is 35.5. The van der Waals surface area contributed by atoms with E-state index in [1.165, 1.54) is 13.3 Å². The second-order valence-electron chi connectivity index (χ2n) is 5.36. The van der Waals surface area contributed by atoms with Crippen LogP contribution in [0.2, 0.25) is 5.02 Å². The molecule has 23 heavy (non-hydrogen) atoms. The first kappa shape index (κ1) is 15.8. The van der Waals surface area contributed by atoms with Crippen LogP contribution in [-0.2, 0) is 0 Å². The monoisotopic (exact) mass is 335 g/mol. The number of aliphatic hydroxyl groups is 1. The van der Waals surface area contributed by atoms with Gasteiger partial charge in [-0.15, -0.1) is 0 Å². The van der Waals surface area contributed by atoms with E-state index >= 15 is 0 Å².